The molecule has 0 bridgehead atoms. The third-order valence-electron chi connectivity index (χ3n) is 7.08. The van der Waals surface area contributed by atoms with Crippen LogP contribution in [0.4, 0.5) is 0 Å². The molecule has 1 aromatic rings. The zero-order chi connectivity index (χ0) is 40.5. The largest absolute Gasteiger partial charge is 0.461 e. The number of esters is 1. The second-order valence-corrected chi connectivity index (χ2v) is 12.1. The van der Waals surface area contributed by atoms with Crippen LogP contribution in [0.3, 0.4) is 0 Å². The highest BCUT2D eigenvalue weighted by Crippen LogP contribution is 2.07. The Morgan fingerprint density at radius 1 is 0.593 bits per heavy atom. The Balaban J connectivity index is 0. The number of carbonyl (C=O) groups is 4. The van der Waals surface area contributed by atoms with Gasteiger partial charge in [-0.05, 0) is 18.4 Å². The lowest BCUT2D eigenvalue weighted by molar-refractivity contribution is -0.147. The van der Waals surface area contributed by atoms with Crippen molar-refractivity contribution in [2.75, 3.05) is 119 Å². The van der Waals surface area contributed by atoms with Gasteiger partial charge in [0.15, 0.2) is 0 Å². The lowest BCUT2D eigenvalue weighted by atomic mass is 10.1. The van der Waals surface area contributed by atoms with Crippen molar-refractivity contribution in [3.63, 3.8) is 0 Å². The number of methoxy groups -OCH3 is 2. The standard InChI is InChI=1S/C18H27NO5.C15H32N4O4.C4H13N3/c1-15(18(21)19-9-6-10-23-12-11-22-2)13-17(20)24-14-16-7-4-3-5-8-16;1-13(12-14(20)18-8-7-17-6-4-16)15(21)19-5-3-9-23-11-10-22-2;5-1-3-7-4-2-6/h3-5,7-8,15H,6,9-14H2,1-2H3,(H,19,21);13,17H,3-12,16H2,1-2H3,(H,18,20)(H,19,21);7H,1-6H2. The van der Waals surface area contributed by atoms with Crippen molar-refractivity contribution in [1.29, 1.82) is 0 Å². The van der Waals surface area contributed by atoms with Gasteiger partial charge >= 0.3 is 5.97 Å². The number of ether oxygens (including phenoxy) is 5. The van der Waals surface area contributed by atoms with Crippen LogP contribution in [0.25, 0.3) is 0 Å². The van der Waals surface area contributed by atoms with Crippen molar-refractivity contribution in [2.24, 2.45) is 29.0 Å². The summed E-state index contributed by atoms with van der Waals surface area (Å²) in [6, 6.07) is 9.45. The first-order valence-electron chi connectivity index (χ1n) is 18.8. The minimum atomic E-state index is -0.414. The molecule has 0 aliphatic rings. The molecule has 0 saturated heterocycles. The highest BCUT2D eigenvalue weighted by Gasteiger charge is 2.18. The number of amides is 3. The maximum absolute atomic E-state index is 11.9. The number of benzene rings is 1. The van der Waals surface area contributed by atoms with E-state index in [0.717, 1.165) is 38.0 Å². The third-order valence-corrected chi connectivity index (χ3v) is 7.08. The predicted molar refractivity (Wildman–Crippen MR) is 210 cm³/mol. The molecule has 0 radical (unpaired) electrons. The topological polar surface area (TPSA) is 253 Å². The van der Waals surface area contributed by atoms with Gasteiger partial charge < -0.3 is 67.5 Å². The third kappa shape index (κ3) is 37.1. The van der Waals surface area contributed by atoms with E-state index in [9.17, 15) is 19.2 Å². The van der Waals surface area contributed by atoms with Crippen LogP contribution < -0.4 is 43.8 Å². The lowest BCUT2D eigenvalue weighted by Crippen LogP contribution is -2.37. The summed E-state index contributed by atoms with van der Waals surface area (Å²) in [7, 11) is 3.24. The van der Waals surface area contributed by atoms with Gasteiger partial charge in [-0.3, -0.25) is 19.2 Å². The number of nitrogens with one attached hydrogen (secondary N) is 5. The zero-order valence-corrected chi connectivity index (χ0v) is 33.3. The van der Waals surface area contributed by atoms with Crippen LogP contribution in [0.1, 0.15) is 45.1 Å². The fourth-order valence-corrected chi connectivity index (χ4v) is 4.04. The van der Waals surface area contributed by atoms with Gasteiger partial charge in [-0.25, -0.2) is 0 Å². The summed E-state index contributed by atoms with van der Waals surface area (Å²) in [4.78, 5) is 47.2. The molecule has 11 N–H and O–H groups in total. The summed E-state index contributed by atoms with van der Waals surface area (Å²) in [5.41, 5.74) is 16.6. The normalized spacial score (nSPS) is 11.5. The van der Waals surface area contributed by atoms with Crippen LogP contribution in [-0.4, -0.2) is 143 Å². The van der Waals surface area contributed by atoms with Crippen molar-refractivity contribution in [1.82, 2.24) is 26.6 Å². The Morgan fingerprint density at radius 2 is 1.07 bits per heavy atom. The smallest absolute Gasteiger partial charge is 0.306 e. The molecule has 1 aromatic carbocycles. The van der Waals surface area contributed by atoms with Gasteiger partial charge in [-0.15, -0.1) is 0 Å². The molecule has 54 heavy (non-hydrogen) atoms. The van der Waals surface area contributed by atoms with Crippen LogP contribution in [0.2, 0.25) is 0 Å². The van der Waals surface area contributed by atoms with Gasteiger partial charge in [0.25, 0.3) is 0 Å². The van der Waals surface area contributed by atoms with E-state index in [0.29, 0.717) is 85.5 Å². The van der Waals surface area contributed by atoms with E-state index >= 15 is 0 Å². The highest BCUT2D eigenvalue weighted by molar-refractivity contribution is 5.85. The molecule has 314 valence electrons. The molecule has 0 aliphatic heterocycles. The Bertz CT molecular complexity index is 1020. The molecule has 3 amide bonds. The molecule has 0 aromatic heterocycles. The summed E-state index contributed by atoms with van der Waals surface area (Å²) in [5.74, 6) is -1.51. The number of nitrogens with two attached hydrogens (primary N) is 3. The van der Waals surface area contributed by atoms with E-state index in [2.05, 4.69) is 26.6 Å². The average Bonchev–Trinajstić information content (AvgIpc) is 3.17. The molecular weight excluding hydrogens is 700 g/mol. The first-order chi connectivity index (χ1) is 26.2. The number of rotatable bonds is 31. The molecule has 0 saturated carbocycles. The predicted octanol–water partition coefficient (Wildman–Crippen LogP) is -0.735. The Morgan fingerprint density at radius 3 is 1.56 bits per heavy atom. The van der Waals surface area contributed by atoms with Crippen molar-refractivity contribution < 1.29 is 42.9 Å². The maximum Gasteiger partial charge on any atom is 0.306 e. The molecule has 17 nitrogen and oxygen atoms in total. The summed E-state index contributed by atoms with van der Waals surface area (Å²) < 4.78 is 25.5. The second kappa shape index (κ2) is 40.9. The van der Waals surface area contributed by atoms with Gasteiger partial charge in [-0.2, -0.15) is 0 Å². The van der Waals surface area contributed by atoms with Crippen molar-refractivity contribution in [3.05, 3.63) is 35.9 Å². The summed E-state index contributed by atoms with van der Waals surface area (Å²) in [6.07, 6.45) is 1.72. The number of carbonyl (C=O) groups excluding carboxylic acids is 4. The molecule has 0 spiro atoms. The molecule has 1 rings (SSSR count). The average molecular weight is 773 g/mol. The van der Waals surface area contributed by atoms with E-state index in [1.54, 1.807) is 28.1 Å². The van der Waals surface area contributed by atoms with E-state index in [1.807, 2.05) is 30.3 Å². The van der Waals surface area contributed by atoms with Crippen molar-refractivity contribution >= 4 is 23.7 Å². The molecule has 2 unspecified atom stereocenters. The molecule has 0 aliphatic carbocycles. The number of hydrogen-bond donors (Lipinski definition) is 8. The molecule has 2 atom stereocenters. The zero-order valence-electron chi connectivity index (χ0n) is 33.3. The summed E-state index contributed by atoms with van der Waals surface area (Å²) in [5, 5.41) is 14.5. The van der Waals surface area contributed by atoms with Gasteiger partial charge in [0.2, 0.25) is 17.7 Å². The van der Waals surface area contributed by atoms with Crippen LogP contribution in [0.5, 0.6) is 0 Å². The van der Waals surface area contributed by atoms with Crippen LogP contribution in [0, 0.1) is 11.8 Å². The molecule has 0 heterocycles. The Labute approximate surface area is 323 Å². The molecular formula is C37H72N8O9. The van der Waals surface area contributed by atoms with Crippen molar-refractivity contribution in [2.45, 2.75) is 46.1 Å². The van der Waals surface area contributed by atoms with Crippen LogP contribution in [0.15, 0.2) is 30.3 Å². The Hall–Kier alpha value is -3.26. The maximum atomic E-state index is 11.9. The number of hydrogen-bond acceptors (Lipinski definition) is 14. The summed E-state index contributed by atoms with van der Waals surface area (Å²) in [6.45, 7) is 13.8. The van der Waals surface area contributed by atoms with Gasteiger partial charge in [0, 0.05) is 111 Å². The minimum absolute atomic E-state index is 0.0724. The van der Waals surface area contributed by atoms with Gasteiger partial charge in [-0.1, -0.05) is 44.2 Å². The van der Waals surface area contributed by atoms with Crippen LogP contribution in [-0.2, 0) is 49.5 Å². The van der Waals surface area contributed by atoms with Crippen molar-refractivity contribution in [3.8, 4) is 0 Å². The lowest BCUT2D eigenvalue weighted by Gasteiger charge is -2.12. The fourth-order valence-electron chi connectivity index (χ4n) is 4.04. The van der Waals surface area contributed by atoms with E-state index in [4.69, 9.17) is 40.9 Å². The SMILES string of the molecule is COCCOCCCNC(=O)C(C)CC(=O)NCCNCCN.COCCOCCCNC(=O)C(C)CC(=O)OCc1ccccc1.NCCNCCN. The first-order valence-corrected chi connectivity index (χ1v) is 18.8. The highest BCUT2D eigenvalue weighted by atomic mass is 16.5. The quantitative estimate of drug-likeness (QED) is 0.0342. The summed E-state index contributed by atoms with van der Waals surface area (Å²) >= 11 is 0. The monoisotopic (exact) mass is 773 g/mol. The second-order valence-electron chi connectivity index (χ2n) is 12.1. The van der Waals surface area contributed by atoms with Gasteiger partial charge in [0.05, 0.1) is 32.8 Å². The molecule has 17 heteroatoms. The fraction of sp³-hybridized carbons (Fsp3) is 0.730. The minimum Gasteiger partial charge on any atom is -0.461 e. The van der Waals surface area contributed by atoms with E-state index in [1.165, 1.54) is 0 Å². The molecule has 0 fully saturated rings. The van der Waals surface area contributed by atoms with E-state index < -0.39 is 5.92 Å². The van der Waals surface area contributed by atoms with Crippen LogP contribution >= 0.6 is 0 Å². The van der Waals surface area contributed by atoms with E-state index in [-0.39, 0.29) is 49.1 Å². The van der Waals surface area contributed by atoms with Gasteiger partial charge in [0.1, 0.15) is 6.61 Å². The Kier molecular flexibility index (Phi) is 40.0. The first kappa shape index (κ1) is 52.8.